The first kappa shape index (κ1) is 12.6. The van der Waals surface area contributed by atoms with Crippen molar-refractivity contribution < 1.29 is 4.74 Å². The van der Waals surface area contributed by atoms with Crippen molar-refractivity contribution in [3.8, 4) is 5.75 Å². The number of para-hydroxylation sites is 1. The van der Waals surface area contributed by atoms with Gasteiger partial charge in [0.15, 0.2) is 0 Å². The molecule has 0 bridgehead atoms. The second-order valence-electron chi connectivity index (χ2n) is 4.26. The Kier molecular flexibility index (Phi) is 4.36. The van der Waals surface area contributed by atoms with Crippen LogP contribution in [0, 0.1) is 0 Å². The molecule has 1 heterocycles. The van der Waals surface area contributed by atoms with Gasteiger partial charge in [-0.2, -0.15) is 5.10 Å². The van der Waals surface area contributed by atoms with Gasteiger partial charge in [0, 0.05) is 31.8 Å². The maximum absolute atomic E-state index is 5.83. The molecule has 1 N–H and O–H groups in total. The molecule has 0 spiro atoms. The highest BCUT2D eigenvalue weighted by molar-refractivity contribution is 5.33. The standard InChI is InChI=1S/C14H19N3O/c1-15-10-13-5-3-4-6-14(13)18-8-7-12-9-16-17(2)11-12/h3-6,9,11,15H,7-8,10H2,1-2H3. The van der Waals surface area contributed by atoms with E-state index in [0.717, 1.165) is 18.7 Å². The molecule has 0 aliphatic carbocycles. The Balaban J connectivity index is 1.89. The quantitative estimate of drug-likeness (QED) is 0.843. The third kappa shape index (κ3) is 3.34. The summed E-state index contributed by atoms with van der Waals surface area (Å²) in [6, 6.07) is 8.12. The van der Waals surface area contributed by atoms with E-state index >= 15 is 0 Å². The van der Waals surface area contributed by atoms with Crippen molar-refractivity contribution in [3.05, 3.63) is 47.8 Å². The number of rotatable bonds is 6. The molecule has 0 unspecified atom stereocenters. The lowest BCUT2D eigenvalue weighted by Gasteiger charge is -2.10. The molecule has 0 radical (unpaired) electrons. The summed E-state index contributed by atoms with van der Waals surface area (Å²) in [7, 11) is 3.86. The Morgan fingerprint density at radius 3 is 2.89 bits per heavy atom. The SMILES string of the molecule is CNCc1ccccc1OCCc1cnn(C)c1. The van der Waals surface area contributed by atoms with Crippen LogP contribution in [0.4, 0.5) is 0 Å². The number of nitrogens with zero attached hydrogens (tertiary/aromatic N) is 2. The van der Waals surface area contributed by atoms with Gasteiger partial charge in [-0.25, -0.2) is 0 Å². The maximum atomic E-state index is 5.83. The van der Waals surface area contributed by atoms with Gasteiger partial charge >= 0.3 is 0 Å². The molecular weight excluding hydrogens is 226 g/mol. The molecule has 0 amide bonds. The fraction of sp³-hybridized carbons (Fsp3) is 0.357. The molecule has 2 rings (SSSR count). The highest BCUT2D eigenvalue weighted by Crippen LogP contribution is 2.17. The normalized spacial score (nSPS) is 10.6. The fourth-order valence-corrected chi connectivity index (χ4v) is 1.86. The zero-order valence-electron chi connectivity index (χ0n) is 10.9. The molecule has 4 nitrogen and oxygen atoms in total. The Morgan fingerprint density at radius 2 is 2.17 bits per heavy atom. The van der Waals surface area contributed by atoms with Crippen LogP contribution in [0.3, 0.4) is 0 Å². The van der Waals surface area contributed by atoms with E-state index in [1.54, 1.807) is 0 Å². The van der Waals surface area contributed by atoms with E-state index in [9.17, 15) is 0 Å². The van der Waals surface area contributed by atoms with Crippen molar-refractivity contribution in [1.82, 2.24) is 15.1 Å². The van der Waals surface area contributed by atoms with Crippen LogP contribution < -0.4 is 10.1 Å². The Morgan fingerprint density at radius 1 is 1.33 bits per heavy atom. The summed E-state index contributed by atoms with van der Waals surface area (Å²) < 4.78 is 7.64. The summed E-state index contributed by atoms with van der Waals surface area (Å²) in [5, 5.41) is 7.28. The van der Waals surface area contributed by atoms with Gasteiger partial charge in [0.2, 0.25) is 0 Å². The number of hydrogen-bond donors (Lipinski definition) is 1. The molecule has 0 fully saturated rings. The fourth-order valence-electron chi connectivity index (χ4n) is 1.86. The number of hydrogen-bond acceptors (Lipinski definition) is 3. The van der Waals surface area contributed by atoms with Crippen molar-refractivity contribution >= 4 is 0 Å². The van der Waals surface area contributed by atoms with E-state index in [-0.39, 0.29) is 0 Å². The predicted octanol–water partition coefficient (Wildman–Crippen LogP) is 1.76. The number of benzene rings is 1. The van der Waals surface area contributed by atoms with E-state index in [2.05, 4.69) is 16.5 Å². The van der Waals surface area contributed by atoms with E-state index < -0.39 is 0 Å². The van der Waals surface area contributed by atoms with E-state index in [4.69, 9.17) is 4.74 Å². The second-order valence-corrected chi connectivity index (χ2v) is 4.26. The van der Waals surface area contributed by atoms with Crippen LogP contribution >= 0.6 is 0 Å². The molecule has 0 saturated heterocycles. The van der Waals surface area contributed by atoms with Crippen LogP contribution in [0.15, 0.2) is 36.7 Å². The van der Waals surface area contributed by atoms with Crippen LogP contribution in [0.5, 0.6) is 5.75 Å². The van der Waals surface area contributed by atoms with Crippen LogP contribution in [-0.2, 0) is 20.0 Å². The van der Waals surface area contributed by atoms with Gasteiger partial charge in [-0.05, 0) is 18.7 Å². The number of aromatic nitrogens is 2. The van der Waals surface area contributed by atoms with Gasteiger partial charge in [-0.15, -0.1) is 0 Å². The van der Waals surface area contributed by atoms with E-state index in [1.165, 1.54) is 11.1 Å². The van der Waals surface area contributed by atoms with Gasteiger partial charge in [-0.3, -0.25) is 4.68 Å². The zero-order valence-corrected chi connectivity index (χ0v) is 10.9. The Hall–Kier alpha value is -1.81. The minimum Gasteiger partial charge on any atom is -0.493 e. The lowest BCUT2D eigenvalue weighted by molar-refractivity contribution is 0.318. The van der Waals surface area contributed by atoms with Gasteiger partial charge in [0.1, 0.15) is 5.75 Å². The van der Waals surface area contributed by atoms with Crippen molar-refractivity contribution in [3.63, 3.8) is 0 Å². The minimum atomic E-state index is 0.673. The molecule has 96 valence electrons. The second kappa shape index (κ2) is 6.21. The monoisotopic (exact) mass is 245 g/mol. The minimum absolute atomic E-state index is 0.673. The van der Waals surface area contributed by atoms with Gasteiger partial charge in [-0.1, -0.05) is 18.2 Å². The molecule has 18 heavy (non-hydrogen) atoms. The van der Waals surface area contributed by atoms with E-state index in [1.807, 2.05) is 49.4 Å². The van der Waals surface area contributed by atoms with Crippen LogP contribution in [0.1, 0.15) is 11.1 Å². The van der Waals surface area contributed by atoms with Crippen LogP contribution in [0.2, 0.25) is 0 Å². The Labute approximate surface area is 108 Å². The lowest BCUT2D eigenvalue weighted by Crippen LogP contribution is -2.08. The molecule has 4 heteroatoms. The van der Waals surface area contributed by atoms with Crippen molar-refractivity contribution in [2.24, 2.45) is 7.05 Å². The van der Waals surface area contributed by atoms with Crippen molar-refractivity contribution in [2.45, 2.75) is 13.0 Å². The topological polar surface area (TPSA) is 39.1 Å². The Bertz CT molecular complexity index is 493. The van der Waals surface area contributed by atoms with Crippen molar-refractivity contribution in [1.29, 1.82) is 0 Å². The van der Waals surface area contributed by atoms with Crippen LogP contribution in [-0.4, -0.2) is 23.4 Å². The number of ether oxygens (including phenoxy) is 1. The third-order valence-corrected chi connectivity index (χ3v) is 2.75. The van der Waals surface area contributed by atoms with Gasteiger partial charge in [0.25, 0.3) is 0 Å². The summed E-state index contributed by atoms with van der Waals surface area (Å²) in [6.45, 7) is 1.50. The summed E-state index contributed by atoms with van der Waals surface area (Å²) in [4.78, 5) is 0. The average molecular weight is 245 g/mol. The number of aryl methyl sites for hydroxylation is 1. The molecule has 2 aromatic rings. The van der Waals surface area contributed by atoms with Crippen molar-refractivity contribution in [2.75, 3.05) is 13.7 Å². The summed E-state index contributed by atoms with van der Waals surface area (Å²) >= 11 is 0. The van der Waals surface area contributed by atoms with Gasteiger partial charge < -0.3 is 10.1 Å². The summed E-state index contributed by atoms with van der Waals surface area (Å²) in [6.07, 6.45) is 4.77. The van der Waals surface area contributed by atoms with Gasteiger partial charge in [0.05, 0.1) is 12.8 Å². The maximum Gasteiger partial charge on any atom is 0.123 e. The largest absolute Gasteiger partial charge is 0.493 e. The smallest absolute Gasteiger partial charge is 0.123 e. The molecule has 1 aromatic carbocycles. The lowest BCUT2D eigenvalue weighted by atomic mass is 10.2. The molecule has 0 atom stereocenters. The molecule has 0 aliphatic rings. The average Bonchev–Trinajstić information content (AvgIpc) is 2.78. The van der Waals surface area contributed by atoms with Crippen LogP contribution in [0.25, 0.3) is 0 Å². The van der Waals surface area contributed by atoms with E-state index in [0.29, 0.717) is 6.61 Å². The first-order chi connectivity index (χ1) is 8.79. The zero-order chi connectivity index (χ0) is 12.8. The predicted molar refractivity (Wildman–Crippen MR) is 71.6 cm³/mol. The summed E-state index contributed by atoms with van der Waals surface area (Å²) in [5.41, 5.74) is 2.38. The third-order valence-electron chi connectivity index (χ3n) is 2.75. The highest BCUT2D eigenvalue weighted by Gasteiger charge is 2.02. The molecule has 0 saturated carbocycles. The number of nitrogens with one attached hydrogen (secondary N) is 1. The first-order valence-corrected chi connectivity index (χ1v) is 6.12. The first-order valence-electron chi connectivity index (χ1n) is 6.12. The summed E-state index contributed by atoms with van der Waals surface area (Å²) in [5.74, 6) is 0.954. The highest BCUT2D eigenvalue weighted by atomic mass is 16.5. The molecule has 0 aliphatic heterocycles. The molecule has 1 aromatic heterocycles. The molecular formula is C14H19N3O.